The van der Waals surface area contributed by atoms with Crippen LogP contribution in [0.5, 0.6) is 0 Å². The van der Waals surface area contributed by atoms with Crippen molar-refractivity contribution in [2.24, 2.45) is 61.8 Å². The van der Waals surface area contributed by atoms with Crippen molar-refractivity contribution in [1.29, 1.82) is 0 Å². The van der Waals surface area contributed by atoms with Gasteiger partial charge in [-0.25, -0.2) is 0 Å². The van der Waals surface area contributed by atoms with Crippen LogP contribution in [0.3, 0.4) is 0 Å². The Balaban J connectivity index is 1.56. The first-order valence-corrected chi connectivity index (χ1v) is 14.3. The number of rotatable bonds is 2. The number of oxime groups is 1. The molecule has 0 heterocycles. The normalized spacial score (nSPS) is 51.5. The van der Waals surface area contributed by atoms with Crippen molar-refractivity contribution in [2.75, 3.05) is 7.11 Å². The Hall–Kier alpha value is -1.32. The maximum absolute atomic E-state index is 13.4. The van der Waals surface area contributed by atoms with Crippen LogP contribution in [0.4, 0.5) is 0 Å². The topological polar surface area (TPSA) is 58.9 Å². The number of nitrogens with zero attached hydrogens (tertiary/aromatic N) is 1. The Labute approximate surface area is 213 Å². The van der Waals surface area contributed by atoms with Gasteiger partial charge in [0.05, 0.1) is 18.2 Å². The third-order valence-corrected chi connectivity index (χ3v) is 13.6. The van der Waals surface area contributed by atoms with Crippen LogP contribution < -0.4 is 0 Å². The Morgan fingerprint density at radius 3 is 2.29 bits per heavy atom. The molecular weight excluding hydrogens is 434 g/mol. The fourth-order valence-electron chi connectivity index (χ4n) is 11.7. The number of esters is 1. The van der Waals surface area contributed by atoms with Gasteiger partial charge in [-0.1, -0.05) is 51.9 Å². The molecular formula is C31H49NO3. The van der Waals surface area contributed by atoms with Crippen molar-refractivity contribution in [2.45, 2.75) is 106 Å². The monoisotopic (exact) mass is 483 g/mol. The van der Waals surface area contributed by atoms with Gasteiger partial charge in [-0.05, 0) is 117 Å². The zero-order valence-electron chi connectivity index (χ0n) is 23.4. The van der Waals surface area contributed by atoms with E-state index in [0.717, 1.165) is 44.2 Å². The highest BCUT2D eigenvalue weighted by Gasteiger charge is 2.72. The number of carbonyl (C=O) groups is 1. The molecule has 4 heteroatoms. The van der Waals surface area contributed by atoms with Crippen molar-refractivity contribution in [3.63, 3.8) is 0 Å². The molecule has 0 saturated heterocycles. The Bertz CT molecular complexity index is 953. The quantitative estimate of drug-likeness (QED) is 0.190. The van der Waals surface area contributed by atoms with E-state index < -0.39 is 0 Å². The minimum absolute atomic E-state index is 0.0427. The molecule has 0 unspecified atom stereocenters. The zero-order valence-corrected chi connectivity index (χ0v) is 23.4. The van der Waals surface area contributed by atoms with Crippen LogP contribution in [0.1, 0.15) is 106 Å². The molecule has 0 amide bonds. The number of ether oxygens (including phenoxy) is 1. The van der Waals surface area contributed by atoms with Crippen LogP contribution >= 0.6 is 0 Å². The molecule has 0 aliphatic heterocycles. The third-order valence-electron chi connectivity index (χ3n) is 13.6. The molecule has 196 valence electrons. The SMILES string of the molecule is C=C(C)[C@@H]1CC[C@]2(C(=O)OC)CC[C@]3(C)[C@H](CC[C@@H]4[C@@]5(C)CC/C(=N/O)C(C)(C)[C@H]5CC[C@]43C)[C@@H]12. The highest BCUT2D eigenvalue weighted by molar-refractivity contribution is 5.90. The van der Waals surface area contributed by atoms with E-state index in [1.165, 1.54) is 31.3 Å². The molecule has 0 bridgehead atoms. The van der Waals surface area contributed by atoms with Crippen molar-refractivity contribution in [3.05, 3.63) is 12.2 Å². The molecule has 5 aliphatic carbocycles. The van der Waals surface area contributed by atoms with E-state index in [9.17, 15) is 10.0 Å². The molecule has 9 atom stereocenters. The van der Waals surface area contributed by atoms with Crippen molar-refractivity contribution < 1.29 is 14.7 Å². The second-order valence-corrected chi connectivity index (χ2v) is 14.6. The van der Waals surface area contributed by atoms with Crippen LogP contribution in [-0.4, -0.2) is 24.0 Å². The van der Waals surface area contributed by atoms with Gasteiger partial charge in [-0.3, -0.25) is 4.79 Å². The van der Waals surface area contributed by atoms with Crippen LogP contribution in [0.15, 0.2) is 17.3 Å². The van der Waals surface area contributed by atoms with Gasteiger partial charge in [-0.15, -0.1) is 0 Å². The molecule has 5 fully saturated rings. The van der Waals surface area contributed by atoms with Crippen LogP contribution in [0.2, 0.25) is 0 Å². The summed E-state index contributed by atoms with van der Waals surface area (Å²) in [6.45, 7) is 19.1. The summed E-state index contributed by atoms with van der Waals surface area (Å²) in [6.07, 6.45) is 11.1. The Kier molecular flexibility index (Phi) is 5.67. The number of fused-ring (bicyclic) bond motifs is 7. The predicted octanol–water partition coefficient (Wildman–Crippen LogP) is 7.65. The fourth-order valence-corrected chi connectivity index (χ4v) is 11.7. The summed E-state index contributed by atoms with van der Waals surface area (Å²) < 4.78 is 5.50. The summed E-state index contributed by atoms with van der Waals surface area (Å²) >= 11 is 0. The summed E-state index contributed by atoms with van der Waals surface area (Å²) in [5, 5.41) is 13.5. The summed E-state index contributed by atoms with van der Waals surface area (Å²) in [6, 6.07) is 0. The predicted molar refractivity (Wildman–Crippen MR) is 140 cm³/mol. The van der Waals surface area contributed by atoms with Crippen molar-refractivity contribution in [1.82, 2.24) is 0 Å². The van der Waals surface area contributed by atoms with E-state index in [2.05, 4.69) is 53.3 Å². The highest BCUT2D eigenvalue weighted by atomic mass is 16.5. The lowest BCUT2D eigenvalue weighted by Crippen LogP contribution is -2.66. The molecule has 35 heavy (non-hydrogen) atoms. The maximum atomic E-state index is 13.4. The average Bonchev–Trinajstić information content (AvgIpc) is 3.20. The Morgan fingerprint density at radius 1 is 0.943 bits per heavy atom. The lowest BCUT2D eigenvalue weighted by Gasteiger charge is -2.72. The molecule has 0 aromatic rings. The fraction of sp³-hybridized carbons (Fsp3) is 0.871. The van der Waals surface area contributed by atoms with E-state index >= 15 is 0 Å². The first-order chi connectivity index (χ1) is 16.3. The van der Waals surface area contributed by atoms with Crippen LogP contribution in [-0.2, 0) is 9.53 Å². The Morgan fingerprint density at radius 2 is 1.66 bits per heavy atom. The smallest absolute Gasteiger partial charge is 0.312 e. The molecule has 0 spiro atoms. The second kappa shape index (κ2) is 7.84. The molecule has 4 nitrogen and oxygen atoms in total. The van der Waals surface area contributed by atoms with Gasteiger partial charge >= 0.3 is 5.97 Å². The highest BCUT2D eigenvalue weighted by Crippen LogP contribution is 2.77. The minimum atomic E-state index is -0.313. The molecule has 0 aromatic carbocycles. The number of allylic oxidation sites excluding steroid dienone is 1. The van der Waals surface area contributed by atoms with Gasteiger partial charge in [-0.2, -0.15) is 0 Å². The lowest BCUT2D eigenvalue weighted by atomic mass is 9.32. The zero-order chi connectivity index (χ0) is 25.6. The van der Waals surface area contributed by atoms with Gasteiger partial charge in [0.15, 0.2) is 0 Å². The van der Waals surface area contributed by atoms with Crippen molar-refractivity contribution in [3.8, 4) is 0 Å². The maximum Gasteiger partial charge on any atom is 0.312 e. The van der Waals surface area contributed by atoms with E-state index in [-0.39, 0.29) is 33.0 Å². The summed E-state index contributed by atoms with van der Waals surface area (Å²) in [5.41, 5.74) is 2.64. The molecule has 5 aliphatic rings. The van der Waals surface area contributed by atoms with Gasteiger partial charge in [0.2, 0.25) is 0 Å². The van der Waals surface area contributed by atoms with E-state index in [0.29, 0.717) is 29.6 Å². The first-order valence-electron chi connectivity index (χ1n) is 14.3. The number of hydrogen-bond donors (Lipinski definition) is 1. The average molecular weight is 484 g/mol. The van der Waals surface area contributed by atoms with E-state index in [1.54, 1.807) is 7.11 Å². The first kappa shape index (κ1) is 25.3. The number of hydrogen-bond acceptors (Lipinski definition) is 4. The van der Waals surface area contributed by atoms with Gasteiger partial charge in [0.1, 0.15) is 0 Å². The molecule has 5 rings (SSSR count). The summed E-state index contributed by atoms with van der Waals surface area (Å²) in [4.78, 5) is 13.4. The number of methoxy groups -OCH3 is 1. The van der Waals surface area contributed by atoms with Gasteiger partial charge in [0.25, 0.3) is 0 Å². The van der Waals surface area contributed by atoms with E-state index in [4.69, 9.17) is 4.74 Å². The standard InChI is InChI=1S/C31H49NO3/c1-19(2)20-11-16-31(26(33)35-8)18-17-29(6)21(25(20)31)9-10-23-28(5)14-13-24(32-34)27(3,4)22(28)12-15-30(23,29)7/h20-23,25,34H,1,9-18H2,2-8H3/b32-24-/t20-,21+,22+,23+,25+,28-,29+,30+,31-/m0/s1. The largest absolute Gasteiger partial charge is 0.469 e. The molecule has 5 saturated carbocycles. The van der Waals surface area contributed by atoms with Gasteiger partial charge < -0.3 is 9.94 Å². The molecule has 1 N–H and O–H groups in total. The third kappa shape index (κ3) is 2.98. The molecule has 0 radical (unpaired) electrons. The molecule has 0 aromatic heterocycles. The second-order valence-electron chi connectivity index (χ2n) is 14.6. The van der Waals surface area contributed by atoms with Gasteiger partial charge in [0, 0.05) is 5.41 Å². The van der Waals surface area contributed by atoms with Crippen LogP contribution in [0, 0.1) is 56.7 Å². The summed E-state index contributed by atoms with van der Waals surface area (Å²) in [7, 11) is 1.59. The minimum Gasteiger partial charge on any atom is -0.469 e. The summed E-state index contributed by atoms with van der Waals surface area (Å²) in [5.74, 6) is 2.62. The van der Waals surface area contributed by atoms with Crippen LogP contribution in [0.25, 0.3) is 0 Å². The number of carbonyl (C=O) groups excluding carboxylic acids is 1. The lowest BCUT2D eigenvalue weighted by molar-refractivity contribution is -0.230. The van der Waals surface area contributed by atoms with Crippen molar-refractivity contribution >= 4 is 11.7 Å². The van der Waals surface area contributed by atoms with E-state index in [1.807, 2.05) is 0 Å².